The van der Waals surface area contributed by atoms with Crippen LogP contribution in [0.4, 0.5) is 0 Å². The van der Waals surface area contributed by atoms with Crippen molar-refractivity contribution in [2.45, 2.75) is 12.2 Å². The van der Waals surface area contributed by atoms with Crippen LogP contribution in [-0.2, 0) is 4.74 Å². The molecule has 0 bridgehead atoms. The summed E-state index contributed by atoms with van der Waals surface area (Å²) in [5.74, 6) is 0. The van der Waals surface area contributed by atoms with E-state index in [-0.39, 0.29) is 12.2 Å². The van der Waals surface area contributed by atoms with E-state index in [1.807, 2.05) is 48.5 Å². The summed E-state index contributed by atoms with van der Waals surface area (Å²) in [6, 6.07) is 20.1. The second-order valence-electron chi connectivity index (χ2n) is 5.16. The number of aromatic nitrogens is 3. The van der Waals surface area contributed by atoms with Gasteiger partial charge in [0.2, 0.25) is 0 Å². The van der Waals surface area contributed by atoms with Crippen LogP contribution < -0.4 is 0 Å². The van der Waals surface area contributed by atoms with Crippen LogP contribution in [0.25, 0.3) is 11.3 Å². The molecule has 1 aliphatic heterocycles. The molecule has 1 aromatic heterocycles. The minimum Gasteiger partial charge on any atom is -0.359 e. The van der Waals surface area contributed by atoms with Crippen LogP contribution in [-0.4, -0.2) is 15.4 Å². The van der Waals surface area contributed by atoms with Crippen molar-refractivity contribution in [3.8, 4) is 17.3 Å². The topological polar surface area (TPSA) is 77.9 Å². The summed E-state index contributed by atoms with van der Waals surface area (Å²) in [6.45, 7) is 0. The van der Waals surface area contributed by atoms with Gasteiger partial charge in [-0.05, 0) is 11.1 Å². The average Bonchev–Trinajstić information content (AvgIpc) is 3.25. The third-order valence-corrected chi connectivity index (χ3v) is 3.79. The van der Waals surface area contributed by atoms with Gasteiger partial charge < -0.3 is 4.74 Å². The molecule has 1 aliphatic rings. The lowest BCUT2D eigenvalue weighted by Crippen LogP contribution is -1.86. The molecule has 0 saturated carbocycles. The van der Waals surface area contributed by atoms with Crippen molar-refractivity contribution < 1.29 is 4.74 Å². The summed E-state index contributed by atoms with van der Waals surface area (Å²) in [5, 5.41) is 19.2. The second kappa shape index (κ2) is 5.10. The Kier molecular flexibility index (Phi) is 2.95. The van der Waals surface area contributed by atoms with Gasteiger partial charge in [0.05, 0.1) is 0 Å². The first-order chi connectivity index (χ1) is 10.9. The first-order valence-corrected chi connectivity index (χ1v) is 6.98. The van der Waals surface area contributed by atoms with E-state index in [4.69, 9.17) is 10.00 Å². The Bertz CT molecular complexity index is 833. The van der Waals surface area contributed by atoms with E-state index < -0.39 is 0 Å². The maximum absolute atomic E-state index is 9.00. The zero-order chi connectivity index (χ0) is 14.9. The van der Waals surface area contributed by atoms with Gasteiger partial charge in [-0.25, -0.2) is 5.10 Å². The molecule has 2 atom stereocenters. The molecule has 0 amide bonds. The third kappa shape index (κ3) is 2.16. The van der Waals surface area contributed by atoms with E-state index in [1.54, 1.807) is 0 Å². The molecule has 106 valence electrons. The van der Waals surface area contributed by atoms with Crippen molar-refractivity contribution in [3.05, 3.63) is 71.4 Å². The van der Waals surface area contributed by atoms with Crippen LogP contribution in [0.3, 0.4) is 0 Å². The molecule has 2 unspecified atom stereocenters. The predicted octanol–water partition coefficient (Wildman–Crippen LogP) is 3.16. The zero-order valence-corrected chi connectivity index (χ0v) is 11.6. The smallest absolute Gasteiger partial charge is 0.163 e. The Labute approximate surface area is 127 Å². The molecule has 5 nitrogen and oxygen atoms in total. The molecule has 1 N–H and O–H groups in total. The zero-order valence-electron chi connectivity index (χ0n) is 11.6. The van der Waals surface area contributed by atoms with Crippen LogP contribution in [0.1, 0.15) is 29.0 Å². The highest BCUT2D eigenvalue weighted by Gasteiger charge is 2.41. The molecule has 0 radical (unpaired) electrons. The molecule has 2 aromatic carbocycles. The minimum absolute atomic E-state index is 0.101. The van der Waals surface area contributed by atoms with Crippen LogP contribution >= 0.6 is 0 Å². The molecular formula is C17H12N4O. The van der Waals surface area contributed by atoms with E-state index in [0.717, 1.165) is 11.1 Å². The van der Waals surface area contributed by atoms with Gasteiger partial charge in [0.1, 0.15) is 24.0 Å². The molecule has 5 heteroatoms. The number of nitrogens with zero attached hydrogens (tertiary/aromatic N) is 3. The molecule has 1 saturated heterocycles. The Morgan fingerprint density at radius 3 is 2.32 bits per heavy atom. The highest BCUT2D eigenvalue weighted by atomic mass is 16.6. The molecule has 4 rings (SSSR count). The van der Waals surface area contributed by atoms with Gasteiger partial charge >= 0.3 is 0 Å². The lowest BCUT2D eigenvalue weighted by atomic mass is 10.0. The summed E-state index contributed by atoms with van der Waals surface area (Å²) in [4.78, 5) is 0. The number of nitrogens with one attached hydrogen (secondary N) is 1. The van der Waals surface area contributed by atoms with Crippen molar-refractivity contribution in [1.82, 2.24) is 15.4 Å². The molecular weight excluding hydrogens is 276 g/mol. The fourth-order valence-electron chi connectivity index (χ4n) is 2.60. The minimum atomic E-state index is 0.101. The Morgan fingerprint density at radius 2 is 1.64 bits per heavy atom. The Hall–Kier alpha value is -2.97. The maximum Gasteiger partial charge on any atom is 0.163 e. The number of nitriles is 1. The lowest BCUT2D eigenvalue weighted by Gasteiger charge is -2.00. The van der Waals surface area contributed by atoms with Gasteiger partial charge in [-0.3, -0.25) is 0 Å². The first kappa shape index (κ1) is 12.7. The monoisotopic (exact) mass is 288 g/mol. The van der Waals surface area contributed by atoms with Gasteiger partial charge in [-0.15, -0.1) is 5.10 Å². The fourth-order valence-corrected chi connectivity index (χ4v) is 2.60. The van der Waals surface area contributed by atoms with E-state index >= 15 is 0 Å². The molecule has 0 aliphatic carbocycles. The van der Waals surface area contributed by atoms with Gasteiger partial charge in [0, 0.05) is 5.56 Å². The largest absolute Gasteiger partial charge is 0.359 e. The quantitative estimate of drug-likeness (QED) is 0.751. The number of H-pyrrole nitrogens is 1. The molecule has 2 heterocycles. The standard InChI is InChI=1S/C17H12N4O/c18-10-14-15(20-21-19-14)11-6-8-13(9-7-11)17-16(22-17)12-4-2-1-3-5-12/h1-9,16-17H,(H,19,20,21). The number of ether oxygens (including phenoxy) is 1. The van der Waals surface area contributed by atoms with Crippen LogP contribution in [0, 0.1) is 11.3 Å². The predicted molar refractivity (Wildman–Crippen MR) is 79.5 cm³/mol. The van der Waals surface area contributed by atoms with Crippen molar-refractivity contribution in [2.24, 2.45) is 0 Å². The number of aromatic amines is 1. The third-order valence-electron chi connectivity index (χ3n) is 3.79. The Morgan fingerprint density at radius 1 is 0.955 bits per heavy atom. The normalized spacial score (nSPS) is 19.6. The number of rotatable bonds is 3. The number of hydrogen-bond donors (Lipinski definition) is 1. The average molecular weight is 288 g/mol. The van der Waals surface area contributed by atoms with Gasteiger partial charge in [0.25, 0.3) is 0 Å². The Balaban J connectivity index is 1.56. The summed E-state index contributed by atoms with van der Waals surface area (Å²) < 4.78 is 5.78. The SMILES string of the molecule is N#Cc1[nH]nnc1-c1ccc(C2OC2c2ccccc2)cc1. The summed E-state index contributed by atoms with van der Waals surface area (Å²) in [5.41, 5.74) is 4.13. The number of benzene rings is 2. The van der Waals surface area contributed by atoms with Gasteiger partial charge in [0.15, 0.2) is 5.69 Å². The van der Waals surface area contributed by atoms with E-state index in [9.17, 15) is 0 Å². The van der Waals surface area contributed by atoms with Crippen LogP contribution in [0.15, 0.2) is 54.6 Å². The summed E-state index contributed by atoms with van der Waals surface area (Å²) in [6.07, 6.45) is 0.234. The molecule has 1 fully saturated rings. The van der Waals surface area contributed by atoms with Crippen LogP contribution in [0.5, 0.6) is 0 Å². The summed E-state index contributed by atoms with van der Waals surface area (Å²) >= 11 is 0. The van der Waals surface area contributed by atoms with Crippen molar-refractivity contribution in [1.29, 1.82) is 5.26 Å². The summed E-state index contributed by atoms with van der Waals surface area (Å²) in [7, 11) is 0. The van der Waals surface area contributed by atoms with Crippen molar-refractivity contribution in [2.75, 3.05) is 0 Å². The number of hydrogen-bond acceptors (Lipinski definition) is 4. The van der Waals surface area contributed by atoms with E-state index in [0.29, 0.717) is 11.4 Å². The van der Waals surface area contributed by atoms with Gasteiger partial charge in [-0.1, -0.05) is 59.8 Å². The van der Waals surface area contributed by atoms with Crippen LogP contribution in [0.2, 0.25) is 0 Å². The molecule has 3 aromatic rings. The highest BCUT2D eigenvalue weighted by molar-refractivity contribution is 5.64. The fraction of sp³-hybridized carbons (Fsp3) is 0.118. The second-order valence-corrected chi connectivity index (χ2v) is 5.16. The van der Waals surface area contributed by atoms with Gasteiger partial charge in [-0.2, -0.15) is 5.26 Å². The van der Waals surface area contributed by atoms with E-state index in [1.165, 1.54) is 5.56 Å². The first-order valence-electron chi connectivity index (χ1n) is 6.98. The number of epoxide rings is 1. The van der Waals surface area contributed by atoms with E-state index in [2.05, 4.69) is 27.5 Å². The van der Waals surface area contributed by atoms with Crippen molar-refractivity contribution >= 4 is 0 Å². The van der Waals surface area contributed by atoms with Crippen molar-refractivity contribution in [3.63, 3.8) is 0 Å². The highest BCUT2D eigenvalue weighted by Crippen LogP contribution is 2.50. The lowest BCUT2D eigenvalue weighted by molar-refractivity contribution is 0.377. The molecule has 22 heavy (non-hydrogen) atoms. The maximum atomic E-state index is 9.00. The molecule has 0 spiro atoms.